The van der Waals surface area contributed by atoms with E-state index in [0.717, 1.165) is 17.4 Å². The Morgan fingerprint density at radius 3 is 2.30 bits per heavy atom. The molecule has 7 heteroatoms. The summed E-state index contributed by atoms with van der Waals surface area (Å²) in [4.78, 5) is 0.301. The van der Waals surface area contributed by atoms with Crippen molar-refractivity contribution in [1.82, 2.24) is 0 Å². The number of halogens is 3. The van der Waals surface area contributed by atoms with Gasteiger partial charge in [0.15, 0.2) is 0 Å². The third-order valence-corrected chi connectivity index (χ3v) is 3.40. The van der Waals surface area contributed by atoms with Crippen LogP contribution in [0.15, 0.2) is 23.6 Å². The molecular formula is C13H5F3N2OS. The smallest absolute Gasteiger partial charge is 0.420 e. The van der Waals surface area contributed by atoms with Gasteiger partial charge in [-0.25, -0.2) is 0 Å². The average Bonchev–Trinajstić information content (AvgIpc) is 2.86. The van der Waals surface area contributed by atoms with Gasteiger partial charge in [-0.1, -0.05) is 0 Å². The van der Waals surface area contributed by atoms with Gasteiger partial charge in [0.1, 0.15) is 16.7 Å². The molecule has 0 amide bonds. The summed E-state index contributed by atoms with van der Waals surface area (Å²) in [5.74, 6) is -0.946. The first-order chi connectivity index (χ1) is 9.36. The summed E-state index contributed by atoms with van der Waals surface area (Å²) >= 11 is 1.04. The van der Waals surface area contributed by atoms with Crippen LogP contribution in [0.25, 0.3) is 11.1 Å². The molecule has 1 aromatic heterocycles. The Labute approximate surface area is 115 Å². The van der Waals surface area contributed by atoms with Gasteiger partial charge in [0.2, 0.25) is 0 Å². The number of thiophene rings is 1. The number of hydrogen-bond acceptors (Lipinski definition) is 4. The molecule has 1 heterocycles. The van der Waals surface area contributed by atoms with Crippen molar-refractivity contribution in [2.45, 2.75) is 6.18 Å². The average molecular weight is 294 g/mol. The van der Waals surface area contributed by atoms with Crippen molar-refractivity contribution < 1.29 is 18.3 Å². The Balaban J connectivity index is 2.71. The highest BCUT2D eigenvalue weighted by Gasteiger charge is 2.35. The molecule has 2 rings (SSSR count). The van der Waals surface area contributed by atoms with E-state index in [2.05, 4.69) is 0 Å². The lowest BCUT2D eigenvalue weighted by Gasteiger charge is -2.12. The fraction of sp³-hybridized carbons (Fsp3) is 0.0769. The van der Waals surface area contributed by atoms with Crippen LogP contribution in [0.1, 0.15) is 16.0 Å². The van der Waals surface area contributed by atoms with Crippen LogP contribution in [0.4, 0.5) is 13.2 Å². The Morgan fingerprint density at radius 1 is 1.10 bits per heavy atom. The fourth-order valence-electron chi connectivity index (χ4n) is 1.67. The Bertz CT molecular complexity index is 750. The molecule has 1 N–H and O–H groups in total. The molecular weight excluding hydrogens is 289 g/mol. The second-order valence-electron chi connectivity index (χ2n) is 3.84. The monoisotopic (exact) mass is 294 g/mol. The number of phenolic OH excluding ortho intramolecular Hbond substituents is 1. The summed E-state index contributed by atoms with van der Waals surface area (Å²) in [6.07, 6.45) is -4.76. The van der Waals surface area contributed by atoms with Crippen molar-refractivity contribution >= 4 is 11.3 Å². The molecule has 0 aliphatic heterocycles. The van der Waals surface area contributed by atoms with Gasteiger partial charge in [-0.2, -0.15) is 23.7 Å². The molecule has 0 aliphatic carbocycles. The van der Waals surface area contributed by atoms with E-state index in [0.29, 0.717) is 10.9 Å². The predicted molar refractivity (Wildman–Crippen MR) is 65.9 cm³/mol. The summed E-state index contributed by atoms with van der Waals surface area (Å²) in [6, 6.07) is 6.60. The summed E-state index contributed by atoms with van der Waals surface area (Å²) in [7, 11) is 0. The first-order valence-corrected chi connectivity index (χ1v) is 6.08. The van der Waals surface area contributed by atoms with Crippen molar-refractivity contribution in [2.75, 3.05) is 0 Å². The van der Waals surface area contributed by atoms with Crippen molar-refractivity contribution in [3.63, 3.8) is 0 Å². The fourth-order valence-corrected chi connectivity index (χ4v) is 2.37. The van der Waals surface area contributed by atoms with E-state index in [1.807, 2.05) is 6.07 Å². The molecule has 2 aromatic rings. The van der Waals surface area contributed by atoms with Crippen LogP contribution in [0.5, 0.6) is 5.75 Å². The predicted octanol–water partition coefficient (Wildman–Crippen LogP) is 3.88. The third-order valence-electron chi connectivity index (χ3n) is 2.57. The minimum absolute atomic E-state index is 0.117. The second kappa shape index (κ2) is 4.87. The molecule has 0 fully saturated rings. The number of hydrogen-bond donors (Lipinski definition) is 1. The van der Waals surface area contributed by atoms with E-state index in [1.54, 1.807) is 6.07 Å². The first-order valence-electron chi connectivity index (χ1n) is 5.20. The van der Waals surface area contributed by atoms with Gasteiger partial charge >= 0.3 is 6.18 Å². The number of phenols is 1. The van der Waals surface area contributed by atoms with Crippen LogP contribution in [-0.2, 0) is 6.18 Å². The van der Waals surface area contributed by atoms with Crippen LogP contribution in [0.3, 0.4) is 0 Å². The van der Waals surface area contributed by atoms with Gasteiger partial charge in [0.25, 0.3) is 0 Å². The molecule has 0 saturated carbocycles. The highest BCUT2D eigenvalue weighted by Crippen LogP contribution is 2.42. The SMILES string of the molecule is N#Cc1cc(-c2csc(C#N)c2)c(O)c(C(F)(F)F)c1. The van der Waals surface area contributed by atoms with Crippen LogP contribution in [-0.4, -0.2) is 5.11 Å². The maximum atomic E-state index is 12.8. The quantitative estimate of drug-likeness (QED) is 0.867. The molecule has 0 radical (unpaired) electrons. The summed E-state index contributed by atoms with van der Waals surface area (Å²) < 4.78 is 38.4. The van der Waals surface area contributed by atoms with E-state index >= 15 is 0 Å². The van der Waals surface area contributed by atoms with Gasteiger partial charge in [0.05, 0.1) is 17.2 Å². The standard InChI is InChI=1S/C13H5F3N2OS/c14-13(15,16)11-2-7(4-17)1-10(12(11)19)8-3-9(5-18)20-6-8/h1-3,6,19H. The molecule has 0 aliphatic rings. The first kappa shape index (κ1) is 13.9. The van der Waals surface area contributed by atoms with E-state index in [-0.39, 0.29) is 16.7 Å². The minimum Gasteiger partial charge on any atom is -0.507 e. The molecule has 0 bridgehead atoms. The molecule has 3 nitrogen and oxygen atoms in total. The molecule has 0 atom stereocenters. The maximum absolute atomic E-state index is 12.8. The number of nitriles is 2. The van der Waals surface area contributed by atoms with Gasteiger partial charge in [-0.05, 0) is 23.8 Å². The zero-order valence-corrected chi connectivity index (χ0v) is 10.5. The van der Waals surface area contributed by atoms with E-state index in [9.17, 15) is 18.3 Å². The molecule has 0 saturated heterocycles. The van der Waals surface area contributed by atoms with Gasteiger partial charge < -0.3 is 5.11 Å². The van der Waals surface area contributed by atoms with Crippen molar-refractivity contribution in [3.05, 3.63) is 39.6 Å². The maximum Gasteiger partial charge on any atom is 0.420 e. The normalized spacial score (nSPS) is 10.8. The lowest BCUT2D eigenvalue weighted by Crippen LogP contribution is -2.06. The summed E-state index contributed by atoms with van der Waals surface area (Å²) in [5, 5.41) is 28.7. The Kier molecular flexibility index (Phi) is 3.39. The van der Waals surface area contributed by atoms with Crippen LogP contribution < -0.4 is 0 Å². The molecule has 0 unspecified atom stereocenters. The van der Waals surface area contributed by atoms with Gasteiger partial charge in [0, 0.05) is 10.9 Å². The van der Waals surface area contributed by atoms with Gasteiger partial charge in [-0.15, -0.1) is 11.3 Å². The highest BCUT2D eigenvalue weighted by atomic mass is 32.1. The lowest BCUT2D eigenvalue weighted by molar-refractivity contribution is -0.138. The van der Waals surface area contributed by atoms with Crippen molar-refractivity contribution in [3.8, 4) is 29.0 Å². The summed E-state index contributed by atoms with van der Waals surface area (Å²) in [5.41, 5.74) is -1.33. The van der Waals surface area contributed by atoms with Crippen molar-refractivity contribution in [2.24, 2.45) is 0 Å². The lowest BCUT2D eigenvalue weighted by atomic mass is 10.00. The number of rotatable bonds is 1. The highest BCUT2D eigenvalue weighted by molar-refractivity contribution is 7.10. The van der Waals surface area contributed by atoms with E-state index in [1.165, 1.54) is 11.4 Å². The molecule has 20 heavy (non-hydrogen) atoms. The number of aromatic hydroxyl groups is 1. The third kappa shape index (κ3) is 2.44. The Hall–Kier alpha value is -2.51. The molecule has 0 spiro atoms. The van der Waals surface area contributed by atoms with Crippen LogP contribution in [0, 0.1) is 22.7 Å². The zero-order chi connectivity index (χ0) is 14.9. The minimum atomic E-state index is -4.76. The second-order valence-corrected chi connectivity index (χ2v) is 4.75. The van der Waals surface area contributed by atoms with Crippen LogP contribution in [0.2, 0.25) is 0 Å². The number of nitrogens with zero attached hydrogens (tertiary/aromatic N) is 2. The zero-order valence-electron chi connectivity index (χ0n) is 9.69. The van der Waals surface area contributed by atoms with Gasteiger partial charge in [-0.3, -0.25) is 0 Å². The Morgan fingerprint density at radius 2 is 1.80 bits per heavy atom. The largest absolute Gasteiger partial charge is 0.507 e. The van der Waals surface area contributed by atoms with Crippen LogP contribution >= 0.6 is 11.3 Å². The molecule has 100 valence electrons. The number of benzene rings is 1. The van der Waals surface area contributed by atoms with E-state index < -0.39 is 17.5 Å². The summed E-state index contributed by atoms with van der Waals surface area (Å²) in [6.45, 7) is 0. The van der Waals surface area contributed by atoms with E-state index in [4.69, 9.17) is 10.5 Å². The molecule has 1 aromatic carbocycles. The topological polar surface area (TPSA) is 67.8 Å². The van der Waals surface area contributed by atoms with Crippen molar-refractivity contribution in [1.29, 1.82) is 10.5 Å². The number of alkyl halides is 3.